The van der Waals surface area contributed by atoms with Crippen molar-refractivity contribution in [3.8, 4) is 6.19 Å². The van der Waals surface area contributed by atoms with Gasteiger partial charge in [0.15, 0.2) is 0 Å². The van der Waals surface area contributed by atoms with Crippen LogP contribution in [0.25, 0.3) is 6.08 Å². The molecule has 0 aliphatic heterocycles. The molecule has 1 N–H and O–H groups in total. The molecular formula is C9H9N3S. The molecule has 0 aliphatic rings. The number of aliphatic imine (C=N–C) groups is 1. The quantitative estimate of drug-likeness (QED) is 0.440. The first-order valence-corrected chi connectivity index (χ1v) is 4.61. The Kier molecular flexibility index (Phi) is 3.74. The molecule has 0 bridgehead atoms. The molecule has 0 amide bonds. The van der Waals surface area contributed by atoms with E-state index in [2.05, 4.69) is 10.3 Å². The zero-order chi connectivity index (χ0) is 9.52. The first-order chi connectivity index (χ1) is 6.36. The smallest absolute Gasteiger partial charge is 0.207 e. The van der Waals surface area contributed by atoms with E-state index in [4.69, 9.17) is 5.26 Å². The highest BCUT2D eigenvalue weighted by Gasteiger charge is 1.89. The molecule has 0 aliphatic carbocycles. The third-order valence-corrected chi connectivity index (χ3v) is 2.21. The summed E-state index contributed by atoms with van der Waals surface area (Å²) in [6.07, 6.45) is 5.41. The number of rotatable bonds is 2. The van der Waals surface area contributed by atoms with Gasteiger partial charge in [-0.2, -0.15) is 10.3 Å². The number of nitrogens with zero attached hydrogens (tertiary/aromatic N) is 2. The fourth-order valence-electron chi connectivity index (χ4n) is 0.778. The minimum Gasteiger partial charge on any atom is -0.372 e. The van der Waals surface area contributed by atoms with E-state index in [0.717, 1.165) is 4.88 Å². The summed E-state index contributed by atoms with van der Waals surface area (Å²) < 4.78 is 0. The van der Waals surface area contributed by atoms with Crippen LogP contribution in [0.15, 0.2) is 28.6 Å². The molecule has 3 nitrogen and oxygen atoms in total. The number of nitrogens with one attached hydrogen (secondary N) is 1. The van der Waals surface area contributed by atoms with E-state index in [9.17, 15) is 0 Å². The Morgan fingerprint density at radius 2 is 2.62 bits per heavy atom. The molecule has 0 aromatic carbocycles. The summed E-state index contributed by atoms with van der Waals surface area (Å²) in [5, 5.41) is 13.1. The van der Waals surface area contributed by atoms with Crippen molar-refractivity contribution in [2.24, 2.45) is 4.99 Å². The maximum absolute atomic E-state index is 8.32. The molecule has 1 aromatic rings. The Morgan fingerprint density at radius 1 is 1.77 bits per heavy atom. The first-order valence-electron chi connectivity index (χ1n) is 3.73. The lowest BCUT2D eigenvalue weighted by Gasteiger charge is -1.93. The van der Waals surface area contributed by atoms with Crippen molar-refractivity contribution in [3.63, 3.8) is 0 Å². The Labute approximate surface area is 81.0 Å². The molecular weight excluding hydrogens is 182 g/mol. The average Bonchev–Trinajstić information content (AvgIpc) is 2.64. The predicted octanol–water partition coefficient (Wildman–Crippen LogP) is 1.86. The van der Waals surface area contributed by atoms with E-state index in [1.165, 1.54) is 0 Å². The first kappa shape index (κ1) is 9.49. The van der Waals surface area contributed by atoms with Crippen LogP contribution in [0, 0.1) is 11.5 Å². The Bertz CT molecular complexity index is 343. The zero-order valence-corrected chi connectivity index (χ0v) is 8.01. The van der Waals surface area contributed by atoms with Crippen molar-refractivity contribution in [1.82, 2.24) is 5.32 Å². The third-order valence-electron chi connectivity index (χ3n) is 1.38. The highest BCUT2D eigenvalue weighted by atomic mass is 32.1. The lowest BCUT2D eigenvalue weighted by atomic mass is 10.4. The van der Waals surface area contributed by atoms with Crippen LogP contribution in [0.4, 0.5) is 0 Å². The summed E-state index contributed by atoms with van der Waals surface area (Å²) in [7, 11) is 1.73. The molecule has 13 heavy (non-hydrogen) atoms. The molecule has 66 valence electrons. The second kappa shape index (κ2) is 5.12. The van der Waals surface area contributed by atoms with Crippen LogP contribution in [0.1, 0.15) is 4.88 Å². The van der Waals surface area contributed by atoms with Crippen LogP contribution in [0.5, 0.6) is 0 Å². The van der Waals surface area contributed by atoms with E-state index in [0.29, 0.717) is 5.84 Å². The molecule has 0 spiro atoms. The van der Waals surface area contributed by atoms with Crippen LogP contribution in [-0.4, -0.2) is 12.9 Å². The number of amidine groups is 1. The van der Waals surface area contributed by atoms with Crippen LogP contribution >= 0.6 is 11.3 Å². The predicted molar refractivity (Wildman–Crippen MR) is 55.5 cm³/mol. The van der Waals surface area contributed by atoms with Crippen molar-refractivity contribution in [3.05, 3.63) is 28.5 Å². The number of hydrogen-bond donors (Lipinski definition) is 1. The molecule has 0 unspecified atom stereocenters. The molecule has 0 saturated carbocycles. The minimum absolute atomic E-state index is 0.566. The van der Waals surface area contributed by atoms with E-state index in [-0.39, 0.29) is 0 Å². The van der Waals surface area contributed by atoms with Gasteiger partial charge in [-0.3, -0.25) is 0 Å². The van der Waals surface area contributed by atoms with Crippen molar-refractivity contribution in [2.45, 2.75) is 0 Å². The zero-order valence-electron chi connectivity index (χ0n) is 7.19. The van der Waals surface area contributed by atoms with Crippen LogP contribution in [0.2, 0.25) is 0 Å². The van der Waals surface area contributed by atoms with Crippen molar-refractivity contribution >= 4 is 23.2 Å². The van der Waals surface area contributed by atoms with Gasteiger partial charge in [0.2, 0.25) is 6.19 Å². The number of thiophene rings is 1. The van der Waals surface area contributed by atoms with Crippen molar-refractivity contribution < 1.29 is 0 Å². The highest BCUT2D eigenvalue weighted by Crippen LogP contribution is 2.09. The fourth-order valence-corrected chi connectivity index (χ4v) is 1.40. The van der Waals surface area contributed by atoms with Crippen molar-refractivity contribution in [2.75, 3.05) is 7.05 Å². The molecule has 0 saturated heterocycles. The third kappa shape index (κ3) is 3.09. The van der Waals surface area contributed by atoms with Gasteiger partial charge in [-0.15, -0.1) is 11.3 Å². The average molecular weight is 191 g/mol. The van der Waals surface area contributed by atoms with Crippen LogP contribution in [-0.2, 0) is 0 Å². The van der Waals surface area contributed by atoms with E-state index < -0.39 is 0 Å². The second-order valence-electron chi connectivity index (χ2n) is 2.20. The van der Waals surface area contributed by atoms with Crippen LogP contribution < -0.4 is 5.32 Å². The van der Waals surface area contributed by atoms with E-state index in [1.807, 2.05) is 23.6 Å². The lowest BCUT2D eigenvalue weighted by molar-refractivity contribution is 1.17. The second-order valence-corrected chi connectivity index (χ2v) is 3.18. The maximum atomic E-state index is 8.32. The number of hydrogen-bond acceptors (Lipinski definition) is 3. The maximum Gasteiger partial charge on any atom is 0.207 e. The molecule has 0 radical (unpaired) electrons. The molecule has 1 rings (SSSR count). The monoisotopic (exact) mass is 191 g/mol. The van der Waals surface area contributed by atoms with Gasteiger partial charge < -0.3 is 5.32 Å². The van der Waals surface area contributed by atoms with Crippen molar-refractivity contribution in [1.29, 1.82) is 5.26 Å². The summed E-state index contributed by atoms with van der Waals surface area (Å²) in [5.41, 5.74) is 0. The standard InChI is InChI=1S/C9H9N3S/c1-11-9(12-7-10)5-4-8-3-2-6-13-8/h2-6H,1H3,(H,11,12)/b5-4+. The van der Waals surface area contributed by atoms with E-state index in [1.54, 1.807) is 30.7 Å². The van der Waals surface area contributed by atoms with Crippen LogP contribution in [0.3, 0.4) is 0 Å². The van der Waals surface area contributed by atoms with Gasteiger partial charge in [0, 0.05) is 11.9 Å². The minimum atomic E-state index is 0.566. The van der Waals surface area contributed by atoms with Gasteiger partial charge in [-0.25, -0.2) is 0 Å². The number of likely N-dealkylation sites (N-methyl/N-ethyl adjacent to an activating group) is 1. The summed E-state index contributed by atoms with van der Waals surface area (Å²) in [4.78, 5) is 4.71. The van der Waals surface area contributed by atoms with Gasteiger partial charge >= 0.3 is 0 Å². The highest BCUT2D eigenvalue weighted by molar-refractivity contribution is 7.10. The van der Waals surface area contributed by atoms with Gasteiger partial charge in [-0.05, 0) is 23.6 Å². The van der Waals surface area contributed by atoms with Gasteiger partial charge in [-0.1, -0.05) is 6.07 Å². The van der Waals surface area contributed by atoms with Gasteiger partial charge in [0.05, 0.1) is 0 Å². The summed E-state index contributed by atoms with van der Waals surface area (Å²) in [6.45, 7) is 0. The van der Waals surface area contributed by atoms with Gasteiger partial charge in [0.1, 0.15) is 5.84 Å². The SMILES string of the molecule is CNC(/C=C/c1cccs1)=N/C#N. The topological polar surface area (TPSA) is 48.2 Å². The lowest BCUT2D eigenvalue weighted by Crippen LogP contribution is -2.14. The molecule has 0 atom stereocenters. The Morgan fingerprint density at radius 3 is 3.15 bits per heavy atom. The summed E-state index contributed by atoms with van der Waals surface area (Å²) in [6, 6.07) is 3.98. The molecule has 1 heterocycles. The summed E-state index contributed by atoms with van der Waals surface area (Å²) in [5.74, 6) is 0.566. The summed E-state index contributed by atoms with van der Waals surface area (Å²) >= 11 is 1.64. The van der Waals surface area contributed by atoms with Gasteiger partial charge in [0.25, 0.3) is 0 Å². The molecule has 1 aromatic heterocycles. The molecule has 4 heteroatoms. The van der Waals surface area contributed by atoms with E-state index >= 15 is 0 Å². The number of nitriles is 1. The largest absolute Gasteiger partial charge is 0.372 e. The fraction of sp³-hybridized carbons (Fsp3) is 0.111. The molecule has 0 fully saturated rings. The Balaban J connectivity index is 2.68. The normalized spacial score (nSPS) is 11.5. The Hall–Kier alpha value is -1.60.